The minimum absolute atomic E-state index is 0.0505. The quantitative estimate of drug-likeness (QED) is 0.788. The Bertz CT molecular complexity index is 887. The van der Waals surface area contributed by atoms with Crippen LogP contribution in [0.15, 0.2) is 48.5 Å². The number of methoxy groups -OCH3 is 1. The maximum absolute atomic E-state index is 12.5. The van der Waals surface area contributed by atoms with E-state index in [0.29, 0.717) is 11.3 Å². The zero-order valence-corrected chi connectivity index (χ0v) is 14.3. The molecular weight excluding hydrogens is 342 g/mol. The maximum atomic E-state index is 12.5. The van der Waals surface area contributed by atoms with Crippen molar-refractivity contribution in [1.82, 2.24) is 0 Å². The van der Waals surface area contributed by atoms with Crippen molar-refractivity contribution >= 4 is 27.3 Å². The Labute approximate surface area is 146 Å². The molecule has 0 atom stereocenters. The molecule has 0 aromatic heterocycles. The zero-order valence-electron chi connectivity index (χ0n) is 13.5. The van der Waals surface area contributed by atoms with Crippen molar-refractivity contribution in [3.8, 4) is 6.07 Å². The van der Waals surface area contributed by atoms with Gasteiger partial charge < -0.3 is 10.1 Å². The number of amides is 1. The van der Waals surface area contributed by atoms with E-state index in [9.17, 15) is 13.2 Å². The number of sulfonamides is 1. The molecule has 2 rings (SSSR count). The van der Waals surface area contributed by atoms with Gasteiger partial charge in [-0.1, -0.05) is 12.1 Å². The molecule has 8 heteroatoms. The van der Waals surface area contributed by atoms with Gasteiger partial charge in [0.1, 0.15) is 0 Å². The molecule has 0 aliphatic carbocycles. The van der Waals surface area contributed by atoms with Crippen molar-refractivity contribution in [3.63, 3.8) is 0 Å². The van der Waals surface area contributed by atoms with Crippen LogP contribution in [0.2, 0.25) is 0 Å². The van der Waals surface area contributed by atoms with E-state index in [1.807, 2.05) is 6.07 Å². The smallest absolute Gasteiger partial charge is 0.257 e. The Morgan fingerprint density at radius 3 is 2.48 bits per heavy atom. The SMILES string of the molecule is COCCS(=O)(=O)Nc1ccccc1C(=O)Nc1ccc(C#N)cc1. The number of hydrogen-bond acceptors (Lipinski definition) is 5. The molecule has 0 saturated carbocycles. The molecule has 0 fully saturated rings. The summed E-state index contributed by atoms with van der Waals surface area (Å²) >= 11 is 0. The Morgan fingerprint density at radius 1 is 1.16 bits per heavy atom. The van der Waals surface area contributed by atoms with Crippen molar-refractivity contribution in [1.29, 1.82) is 5.26 Å². The average Bonchev–Trinajstić information content (AvgIpc) is 2.61. The van der Waals surface area contributed by atoms with Crippen LogP contribution in [-0.4, -0.2) is 33.8 Å². The predicted molar refractivity (Wildman–Crippen MR) is 94.8 cm³/mol. The third kappa shape index (κ3) is 5.31. The Morgan fingerprint density at radius 2 is 1.84 bits per heavy atom. The molecule has 0 bridgehead atoms. The number of carbonyl (C=O) groups excluding carboxylic acids is 1. The molecule has 2 aromatic rings. The molecule has 1 amide bonds. The van der Waals surface area contributed by atoms with Gasteiger partial charge >= 0.3 is 0 Å². The number of carbonyl (C=O) groups is 1. The summed E-state index contributed by atoms with van der Waals surface area (Å²) in [5.41, 5.74) is 1.35. The number of nitrogens with zero attached hydrogens (tertiary/aromatic N) is 1. The number of para-hydroxylation sites is 1. The second-order valence-electron chi connectivity index (χ2n) is 5.10. The van der Waals surface area contributed by atoms with Gasteiger partial charge in [0, 0.05) is 12.8 Å². The van der Waals surface area contributed by atoms with Gasteiger partial charge in [0.2, 0.25) is 10.0 Å². The minimum Gasteiger partial charge on any atom is -0.384 e. The Hall–Kier alpha value is -2.89. The number of anilines is 2. The summed E-state index contributed by atoms with van der Waals surface area (Å²) in [4.78, 5) is 12.5. The van der Waals surface area contributed by atoms with Gasteiger partial charge in [-0.05, 0) is 36.4 Å². The maximum Gasteiger partial charge on any atom is 0.257 e. The van der Waals surface area contributed by atoms with E-state index in [4.69, 9.17) is 10.00 Å². The van der Waals surface area contributed by atoms with E-state index in [1.165, 1.54) is 19.2 Å². The average molecular weight is 359 g/mol. The van der Waals surface area contributed by atoms with Crippen LogP contribution in [0.4, 0.5) is 11.4 Å². The zero-order chi connectivity index (χ0) is 18.3. The highest BCUT2D eigenvalue weighted by atomic mass is 32.2. The van der Waals surface area contributed by atoms with Gasteiger partial charge in [-0.15, -0.1) is 0 Å². The van der Waals surface area contributed by atoms with Crippen molar-refractivity contribution in [3.05, 3.63) is 59.7 Å². The van der Waals surface area contributed by atoms with Gasteiger partial charge in [-0.2, -0.15) is 5.26 Å². The summed E-state index contributed by atoms with van der Waals surface area (Å²) < 4.78 is 31.2. The monoisotopic (exact) mass is 359 g/mol. The van der Waals surface area contributed by atoms with Crippen LogP contribution in [0, 0.1) is 11.3 Å². The lowest BCUT2D eigenvalue weighted by molar-refractivity contribution is 0.102. The largest absolute Gasteiger partial charge is 0.384 e. The van der Waals surface area contributed by atoms with Crippen LogP contribution in [0.5, 0.6) is 0 Å². The van der Waals surface area contributed by atoms with Crippen molar-refractivity contribution in [2.45, 2.75) is 0 Å². The lowest BCUT2D eigenvalue weighted by Crippen LogP contribution is -2.22. The molecule has 7 nitrogen and oxygen atoms in total. The van der Waals surface area contributed by atoms with Crippen LogP contribution in [0.3, 0.4) is 0 Å². The molecule has 2 aromatic carbocycles. The molecule has 0 unspecified atom stereocenters. The molecule has 2 N–H and O–H groups in total. The number of benzene rings is 2. The molecule has 0 heterocycles. The van der Waals surface area contributed by atoms with Gasteiger partial charge in [-0.3, -0.25) is 9.52 Å². The predicted octanol–water partition coefficient (Wildman–Crippen LogP) is 2.20. The van der Waals surface area contributed by atoms with Crippen molar-refractivity contribution in [2.75, 3.05) is 29.5 Å². The second kappa shape index (κ2) is 8.28. The topological polar surface area (TPSA) is 108 Å². The first-order valence-electron chi connectivity index (χ1n) is 7.35. The Kier molecular flexibility index (Phi) is 6.11. The highest BCUT2D eigenvalue weighted by Gasteiger charge is 2.16. The van der Waals surface area contributed by atoms with E-state index in [-0.39, 0.29) is 23.6 Å². The number of hydrogen-bond donors (Lipinski definition) is 2. The highest BCUT2D eigenvalue weighted by molar-refractivity contribution is 7.92. The van der Waals surface area contributed by atoms with Crippen LogP contribution in [0.1, 0.15) is 15.9 Å². The first-order chi connectivity index (χ1) is 11.9. The normalized spacial score (nSPS) is 10.7. The van der Waals surface area contributed by atoms with Crippen molar-refractivity contribution in [2.24, 2.45) is 0 Å². The summed E-state index contributed by atoms with van der Waals surface area (Å²) in [6.07, 6.45) is 0. The molecule has 0 saturated heterocycles. The summed E-state index contributed by atoms with van der Waals surface area (Å²) in [6.45, 7) is 0.0505. The van der Waals surface area contributed by atoms with Gasteiger partial charge in [-0.25, -0.2) is 8.42 Å². The summed E-state index contributed by atoms with van der Waals surface area (Å²) in [7, 11) is -2.21. The first kappa shape index (κ1) is 18.4. The van der Waals surface area contributed by atoms with Crippen LogP contribution >= 0.6 is 0 Å². The fourth-order valence-electron chi connectivity index (χ4n) is 2.01. The summed E-state index contributed by atoms with van der Waals surface area (Å²) in [6, 6.07) is 14.6. The van der Waals surface area contributed by atoms with Crippen LogP contribution < -0.4 is 10.0 Å². The van der Waals surface area contributed by atoms with Crippen LogP contribution in [0.25, 0.3) is 0 Å². The molecule has 0 radical (unpaired) electrons. The van der Waals surface area contributed by atoms with Crippen molar-refractivity contribution < 1.29 is 17.9 Å². The Balaban J connectivity index is 2.18. The summed E-state index contributed by atoms with van der Waals surface area (Å²) in [5.74, 6) is -0.676. The first-order valence-corrected chi connectivity index (χ1v) is 9.00. The number of nitrogens with one attached hydrogen (secondary N) is 2. The molecule has 25 heavy (non-hydrogen) atoms. The highest BCUT2D eigenvalue weighted by Crippen LogP contribution is 2.19. The summed E-state index contributed by atoms with van der Waals surface area (Å²) in [5, 5.41) is 11.5. The third-order valence-corrected chi connectivity index (χ3v) is 4.50. The lowest BCUT2D eigenvalue weighted by atomic mass is 10.1. The standard InChI is InChI=1S/C17H17N3O4S/c1-24-10-11-25(22,23)20-16-5-3-2-4-15(16)17(21)19-14-8-6-13(12-18)7-9-14/h2-9,20H,10-11H2,1H3,(H,19,21). The fraction of sp³-hybridized carbons (Fsp3) is 0.176. The molecular formula is C17H17N3O4S. The van der Waals surface area contributed by atoms with Gasteiger partial charge in [0.15, 0.2) is 0 Å². The number of rotatable bonds is 7. The third-order valence-electron chi connectivity index (χ3n) is 3.27. The molecule has 0 aliphatic heterocycles. The fourth-order valence-corrected chi connectivity index (χ4v) is 3.01. The van der Waals surface area contributed by atoms with E-state index >= 15 is 0 Å². The van der Waals surface area contributed by atoms with E-state index in [2.05, 4.69) is 10.0 Å². The minimum atomic E-state index is -3.63. The van der Waals surface area contributed by atoms with Gasteiger partial charge in [0.25, 0.3) is 5.91 Å². The second-order valence-corrected chi connectivity index (χ2v) is 6.94. The number of ether oxygens (including phenoxy) is 1. The van der Waals surface area contributed by atoms with Crippen LogP contribution in [-0.2, 0) is 14.8 Å². The van der Waals surface area contributed by atoms with E-state index in [1.54, 1.807) is 36.4 Å². The molecule has 0 aliphatic rings. The number of nitriles is 1. The van der Waals surface area contributed by atoms with E-state index in [0.717, 1.165) is 0 Å². The van der Waals surface area contributed by atoms with E-state index < -0.39 is 15.9 Å². The lowest BCUT2D eigenvalue weighted by Gasteiger charge is -2.12. The van der Waals surface area contributed by atoms with Gasteiger partial charge in [0.05, 0.1) is 35.2 Å². The molecule has 130 valence electrons. The molecule has 0 spiro atoms.